The molecule has 6 heteroatoms. The van der Waals surface area contributed by atoms with Crippen LogP contribution >= 0.6 is 11.8 Å². The molecule has 0 aromatic rings. The van der Waals surface area contributed by atoms with Gasteiger partial charge < -0.3 is 10.2 Å². The lowest BCUT2D eigenvalue weighted by Crippen LogP contribution is -2.47. The zero-order valence-corrected chi connectivity index (χ0v) is 12.6. The smallest absolute Gasteiger partial charge is 0.242 e. The summed E-state index contributed by atoms with van der Waals surface area (Å²) in [5, 5.41) is 2.78. The van der Waals surface area contributed by atoms with Gasteiger partial charge in [-0.1, -0.05) is 18.7 Å². The Balaban J connectivity index is 2.59. The molecule has 19 heavy (non-hydrogen) atoms. The van der Waals surface area contributed by atoms with Crippen LogP contribution in [0.4, 0.5) is 0 Å². The number of rotatable bonds is 5. The Bertz CT molecular complexity index is 360. The third-order valence-electron chi connectivity index (χ3n) is 3.15. The van der Waals surface area contributed by atoms with Crippen LogP contribution in [0, 0.1) is 5.92 Å². The minimum absolute atomic E-state index is 0.0151. The summed E-state index contributed by atoms with van der Waals surface area (Å²) >= 11 is 1.16. The molecule has 1 N–H and O–H groups in total. The highest BCUT2D eigenvalue weighted by atomic mass is 32.2. The highest BCUT2D eigenvalue weighted by Gasteiger charge is 2.35. The van der Waals surface area contributed by atoms with Crippen LogP contribution in [0.1, 0.15) is 33.6 Å². The molecule has 1 aliphatic heterocycles. The third kappa shape index (κ3) is 4.53. The largest absolute Gasteiger partial charge is 0.355 e. The Hall–Kier alpha value is -1.04. The van der Waals surface area contributed by atoms with Gasteiger partial charge in [0.25, 0.3) is 0 Å². The summed E-state index contributed by atoms with van der Waals surface area (Å²) in [6.45, 7) is 6.38. The van der Waals surface area contributed by atoms with Gasteiger partial charge in [-0.15, -0.1) is 0 Å². The molecule has 2 atom stereocenters. The van der Waals surface area contributed by atoms with E-state index < -0.39 is 0 Å². The van der Waals surface area contributed by atoms with Crippen LogP contribution < -0.4 is 5.32 Å². The minimum atomic E-state index is -0.336. The standard InChI is InChI=1S/C13H22N2O3S/c1-4-14-12(17)11-6-5-7-15(11)13(18)9(2)8-19-10(3)16/h9,11H,4-8H2,1-3H3,(H,14,17)/t9?,11-/m0/s1. The van der Waals surface area contributed by atoms with E-state index >= 15 is 0 Å². The average molecular weight is 286 g/mol. The zero-order chi connectivity index (χ0) is 14.4. The zero-order valence-electron chi connectivity index (χ0n) is 11.8. The summed E-state index contributed by atoms with van der Waals surface area (Å²) in [5.41, 5.74) is 0. The first-order chi connectivity index (χ1) is 8.97. The van der Waals surface area contributed by atoms with Crippen LogP contribution in [0.2, 0.25) is 0 Å². The van der Waals surface area contributed by atoms with E-state index in [0.29, 0.717) is 18.8 Å². The van der Waals surface area contributed by atoms with E-state index in [1.165, 1.54) is 6.92 Å². The number of nitrogens with zero attached hydrogens (tertiary/aromatic N) is 1. The molecular formula is C13H22N2O3S. The molecule has 2 amide bonds. The fourth-order valence-corrected chi connectivity index (χ4v) is 2.82. The van der Waals surface area contributed by atoms with Crippen molar-refractivity contribution < 1.29 is 14.4 Å². The molecule has 108 valence electrons. The number of hydrogen-bond acceptors (Lipinski definition) is 4. The highest BCUT2D eigenvalue weighted by Crippen LogP contribution is 2.21. The lowest BCUT2D eigenvalue weighted by Gasteiger charge is -2.26. The van der Waals surface area contributed by atoms with E-state index in [0.717, 1.165) is 24.6 Å². The molecule has 1 aliphatic rings. The lowest BCUT2D eigenvalue weighted by atomic mass is 10.1. The number of thioether (sulfide) groups is 1. The number of carbonyl (C=O) groups is 3. The fraction of sp³-hybridized carbons (Fsp3) is 0.769. The van der Waals surface area contributed by atoms with Gasteiger partial charge in [0.1, 0.15) is 6.04 Å². The molecule has 1 rings (SSSR count). The first kappa shape index (κ1) is 16.0. The summed E-state index contributed by atoms with van der Waals surface area (Å²) in [4.78, 5) is 36.8. The summed E-state index contributed by atoms with van der Waals surface area (Å²) in [5.74, 6) is 0.151. The molecule has 1 saturated heterocycles. The number of likely N-dealkylation sites (N-methyl/N-ethyl adjacent to an activating group) is 1. The number of nitrogens with one attached hydrogen (secondary N) is 1. The van der Waals surface area contributed by atoms with Crippen LogP contribution in [0.3, 0.4) is 0 Å². The number of carbonyl (C=O) groups excluding carboxylic acids is 3. The minimum Gasteiger partial charge on any atom is -0.355 e. The van der Waals surface area contributed by atoms with E-state index in [9.17, 15) is 14.4 Å². The number of likely N-dealkylation sites (tertiary alicyclic amines) is 1. The van der Waals surface area contributed by atoms with Crippen LogP contribution in [0.25, 0.3) is 0 Å². The Labute approximate surface area is 118 Å². The molecular weight excluding hydrogens is 264 g/mol. The van der Waals surface area contributed by atoms with Crippen molar-refractivity contribution in [2.24, 2.45) is 5.92 Å². The molecule has 1 heterocycles. The average Bonchev–Trinajstić information content (AvgIpc) is 2.84. The maximum absolute atomic E-state index is 12.3. The monoisotopic (exact) mass is 286 g/mol. The van der Waals surface area contributed by atoms with Crippen molar-refractivity contribution in [3.05, 3.63) is 0 Å². The van der Waals surface area contributed by atoms with Gasteiger partial charge in [0.2, 0.25) is 11.8 Å². The van der Waals surface area contributed by atoms with Crippen molar-refractivity contribution in [2.75, 3.05) is 18.8 Å². The van der Waals surface area contributed by atoms with Crippen LogP contribution in [0.15, 0.2) is 0 Å². The van der Waals surface area contributed by atoms with Gasteiger partial charge in [-0.05, 0) is 19.8 Å². The summed E-state index contributed by atoms with van der Waals surface area (Å²) in [7, 11) is 0. The predicted molar refractivity (Wildman–Crippen MR) is 75.7 cm³/mol. The van der Waals surface area contributed by atoms with Crippen LogP contribution in [0.5, 0.6) is 0 Å². The number of amides is 2. The quantitative estimate of drug-likeness (QED) is 0.820. The first-order valence-corrected chi connectivity index (χ1v) is 7.67. The highest BCUT2D eigenvalue weighted by molar-refractivity contribution is 8.13. The third-order valence-corrected chi connectivity index (χ3v) is 4.22. The molecule has 0 radical (unpaired) electrons. The van der Waals surface area contributed by atoms with Gasteiger partial charge in [-0.25, -0.2) is 0 Å². The van der Waals surface area contributed by atoms with Crippen molar-refractivity contribution in [3.8, 4) is 0 Å². The van der Waals surface area contributed by atoms with Crippen molar-refractivity contribution in [2.45, 2.75) is 39.7 Å². The molecule has 0 spiro atoms. The Morgan fingerprint density at radius 3 is 2.68 bits per heavy atom. The van der Waals surface area contributed by atoms with Crippen molar-refractivity contribution in [1.82, 2.24) is 10.2 Å². The topological polar surface area (TPSA) is 66.5 Å². The van der Waals surface area contributed by atoms with Crippen molar-refractivity contribution >= 4 is 28.7 Å². The van der Waals surface area contributed by atoms with Crippen LogP contribution in [-0.4, -0.2) is 46.7 Å². The van der Waals surface area contributed by atoms with E-state index in [2.05, 4.69) is 5.32 Å². The molecule has 5 nitrogen and oxygen atoms in total. The summed E-state index contributed by atoms with van der Waals surface area (Å²) in [6, 6.07) is -0.336. The predicted octanol–water partition coefficient (Wildman–Crippen LogP) is 1.03. The molecule has 1 fully saturated rings. The van der Waals surface area contributed by atoms with Crippen molar-refractivity contribution in [3.63, 3.8) is 0 Å². The fourth-order valence-electron chi connectivity index (χ4n) is 2.19. The summed E-state index contributed by atoms with van der Waals surface area (Å²) < 4.78 is 0. The van der Waals surface area contributed by atoms with E-state index in [1.54, 1.807) is 4.90 Å². The first-order valence-electron chi connectivity index (χ1n) is 6.69. The molecule has 0 aromatic heterocycles. The Kier molecular flexibility index (Phi) is 6.34. The molecule has 0 aliphatic carbocycles. The van der Waals surface area contributed by atoms with Gasteiger partial charge in [-0.2, -0.15) is 0 Å². The summed E-state index contributed by atoms with van der Waals surface area (Å²) in [6.07, 6.45) is 1.59. The van der Waals surface area contributed by atoms with Gasteiger partial charge in [0, 0.05) is 31.7 Å². The molecule has 0 bridgehead atoms. The van der Waals surface area contributed by atoms with Gasteiger partial charge in [0.05, 0.1) is 0 Å². The Morgan fingerprint density at radius 2 is 2.11 bits per heavy atom. The second-order valence-electron chi connectivity index (χ2n) is 4.79. The van der Waals surface area contributed by atoms with Crippen LogP contribution in [-0.2, 0) is 14.4 Å². The normalized spacial score (nSPS) is 20.2. The molecule has 0 aromatic carbocycles. The van der Waals surface area contributed by atoms with Gasteiger partial charge in [-0.3, -0.25) is 14.4 Å². The van der Waals surface area contributed by atoms with Gasteiger partial charge >= 0.3 is 0 Å². The molecule has 1 unspecified atom stereocenters. The maximum Gasteiger partial charge on any atom is 0.242 e. The second kappa shape index (κ2) is 7.53. The van der Waals surface area contributed by atoms with E-state index in [-0.39, 0.29) is 28.9 Å². The maximum atomic E-state index is 12.3. The lowest BCUT2D eigenvalue weighted by molar-refractivity contribution is -0.140. The number of hydrogen-bond donors (Lipinski definition) is 1. The second-order valence-corrected chi connectivity index (χ2v) is 5.98. The SMILES string of the molecule is CCNC(=O)[C@@H]1CCCN1C(=O)C(C)CSC(C)=O. The Morgan fingerprint density at radius 1 is 1.42 bits per heavy atom. The molecule has 0 saturated carbocycles. The van der Waals surface area contributed by atoms with E-state index in [4.69, 9.17) is 0 Å². The van der Waals surface area contributed by atoms with Crippen molar-refractivity contribution in [1.29, 1.82) is 0 Å². The van der Waals surface area contributed by atoms with Gasteiger partial charge in [0.15, 0.2) is 5.12 Å². The van der Waals surface area contributed by atoms with E-state index in [1.807, 2.05) is 13.8 Å².